The van der Waals surface area contributed by atoms with Crippen LogP contribution in [0.1, 0.15) is 30.1 Å². The molecule has 116 valence electrons. The zero-order valence-corrected chi connectivity index (χ0v) is 14.5. The van der Waals surface area contributed by atoms with Crippen molar-refractivity contribution in [3.63, 3.8) is 0 Å². The van der Waals surface area contributed by atoms with Gasteiger partial charge in [-0.2, -0.15) is 10.2 Å². The van der Waals surface area contributed by atoms with Crippen molar-refractivity contribution in [1.82, 2.24) is 24.5 Å². The van der Waals surface area contributed by atoms with E-state index >= 15 is 0 Å². The maximum Gasteiger partial charge on any atom is 0.138 e. The molecule has 21 heavy (non-hydrogen) atoms. The third kappa shape index (κ3) is 3.53. The first kappa shape index (κ1) is 16.2. The van der Waals surface area contributed by atoms with Gasteiger partial charge in [-0.1, -0.05) is 6.92 Å². The van der Waals surface area contributed by atoms with Gasteiger partial charge in [0.2, 0.25) is 0 Å². The van der Waals surface area contributed by atoms with E-state index in [-0.39, 0.29) is 0 Å². The fourth-order valence-electron chi connectivity index (χ4n) is 2.23. The Bertz CT molecular complexity index is 605. The summed E-state index contributed by atoms with van der Waals surface area (Å²) in [6, 6.07) is 1.94. The summed E-state index contributed by atoms with van der Waals surface area (Å²) in [6.45, 7) is 3.64. The molecule has 6 nitrogen and oxygen atoms in total. The summed E-state index contributed by atoms with van der Waals surface area (Å²) in [6.07, 6.45) is 1.83. The lowest BCUT2D eigenvalue weighted by Crippen LogP contribution is -2.21. The fourth-order valence-corrected chi connectivity index (χ4v) is 2.74. The lowest BCUT2D eigenvalue weighted by molar-refractivity contribution is 0.195. The molecule has 0 saturated heterocycles. The van der Waals surface area contributed by atoms with Gasteiger partial charge in [0.25, 0.3) is 0 Å². The third-order valence-corrected chi connectivity index (χ3v) is 4.07. The summed E-state index contributed by atoms with van der Waals surface area (Å²) < 4.78 is 4.39. The lowest BCUT2D eigenvalue weighted by Gasteiger charge is -2.16. The zero-order valence-electron chi connectivity index (χ0n) is 12.9. The Hall–Kier alpha value is -1.18. The molecule has 1 N–H and O–H groups in total. The standard InChI is InChI=1S/C14H22BrN5O/c1-5-10-8-12(19(4)17-10)14(21)13-11(15)9-16-20(13)7-6-18(2)3/h8-9,14,21H,5-7H2,1-4H3. The van der Waals surface area contributed by atoms with E-state index in [0.29, 0.717) is 0 Å². The van der Waals surface area contributed by atoms with E-state index in [0.717, 1.165) is 41.1 Å². The molecule has 0 aliphatic carbocycles. The van der Waals surface area contributed by atoms with Crippen molar-refractivity contribution in [2.24, 2.45) is 7.05 Å². The number of aliphatic hydroxyl groups is 1. The second kappa shape index (κ2) is 6.72. The highest BCUT2D eigenvalue weighted by Gasteiger charge is 2.23. The second-order valence-corrected chi connectivity index (χ2v) is 6.20. The Morgan fingerprint density at radius 3 is 2.71 bits per heavy atom. The number of halogens is 1. The molecule has 0 saturated carbocycles. The SMILES string of the molecule is CCc1cc(C(O)c2c(Br)cnn2CCN(C)C)n(C)n1. The van der Waals surface area contributed by atoms with Gasteiger partial charge in [0.15, 0.2) is 0 Å². The quantitative estimate of drug-likeness (QED) is 0.854. The van der Waals surface area contributed by atoms with E-state index in [1.165, 1.54) is 0 Å². The van der Waals surface area contributed by atoms with Gasteiger partial charge in [-0.3, -0.25) is 9.36 Å². The van der Waals surface area contributed by atoms with Crippen LogP contribution < -0.4 is 0 Å². The maximum absolute atomic E-state index is 10.7. The Morgan fingerprint density at radius 2 is 2.14 bits per heavy atom. The van der Waals surface area contributed by atoms with Crippen molar-refractivity contribution in [3.8, 4) is 0 Å². The monoisotopic (exact) mass is 355 g/mol. The number of nitrogens with zero attached hydrogens (tertiary/aromatic N) is 5. The molecule has 7 heteroatoms. The summed E-state index contributed by atoms with van der Waals surface area (Å²) in [4.78, 5) is 2.09. The van der Waals surface area contributed by atoms with Crippen molar-refractivity contribution in [2.45, 2.75) is 26.0 Å². The number of aromatic nitrogens is 4. The average molecular weight is 356 g/mol. The van der Waals surface area contributed by atoms with Gasteiger partial charge in [0.1, 0.15) is 6.10 Å². The summed E-state index contributed by atoms with van der Waals surface area (Å²) in [5.41, 5.74) is 2.52. The summed E-state index contributed by atoms with van der Waals surface area (Å²) in [7, 11) is 5.89. The molecule has 2 aromatic heterocycles. The van der Waals surface area contributed by atoms with E-state index in [9.17, 15) is 5.11 Å². The average Bonchev–Trinajstić information content (AvgIpc) is 2.99. The number of rotatable bonds is 6. The van der Waals surface area contributed by atoms with Gasteiger partial charge in [-0.15, -0.1) is 0 Å². The van der Waals surface area contributed by atoms with Crippen LogP contribution in [0.3, 0.4) is 0 Å². The van der Waals surface area contributed by atoms with Crippen LogP contribution in [-0.4, -0.2) is 50.2 Å². The second-order valence-electron chi connectivity index (χ2n) is 5.34. The van der Waals surface area contributed by atoms with Crippen LogP contribution in [0.4, 0.5) is 0 Å². The molecule has 0 aliphatic heterocycles. The van der Waals surface area contributed by atoms with E-state index < -0.39 is 6.10 Å². The first-order chi connectivity index (χ1) is 9.93. The molecule has 0 spiro atoms. The summed E-state index contributed by atoms with van der Waals surface area (Å²) in [5, 5.41) is 19.5. The highest BCUT2D eigenvalue weighted by Crippen LogP contribution is 2.28. The molecular weight excluding hydrogens is 334 g/mol. The molecule has 0 radical (unpaired) electrons. The zero-order chi connectivity index (χ0) is 15.6. The Balaban J connectivity index is 2.31. The Morgan fingerprint density at radius 1 is 1.43 bits per heavy atom. The van der Waals surface area contributed by atoms with E-state index in [2.05, 4.69) is 38.0 Å². The molecule has 1 atom stereocenters. The van der Waals surface area contributed by atoms with Crippen LogP contribution in [0.25, 0.3) is 0 Å². The van der Waals surface area contributed by atoms with Crippen molar-refractivity contribution >= 4 is 15.9 Å². The summed E-state index contributed by atoms with van der Waals surface area (Å²) in [5.74, 6) is 0. The first-order valence-corrected chi connectivity index (χ1v) is 7.80. The van der Waals surface area contributed by atoms with E-state index in [4.69, 9.17) is 0 Å². The molecule has 2 rings (SSSR count). The number of hydrogen-bond donors (Lipinski definition) is 1. The van der Waals surface area contributed by atoms with Gasteiger partial charge in [-0.25, -0.2) is 0 Å². The molecule has 0 aliphatic rings. The minimum absolute atomic E-state index is 0.726. The highest BCUT2D eigenvalue weighted by molar-refractivity contribution is 9.10. The van der Waals surface area contributed by atoms with Crippen LogP contribution in [0.15, 0.2) is 16.7 Å². The van der Waals surface area contributed by atoms with Crippen molar-refractivity contribution in [2.75, 3.05) is 20.6 Å². The van der Waals surface area contributed by atoms with Gasteiger partial charge in [-0.05, 0) is 42.5 Å². The maximum atomic E-state index is 10.7. The molecule has 2 heterocycles. The first-order valence-electron chi connectivity index (χ1n) is 7.00. The topological polar surface area (TPSA) is 59.1 Å². The van der Waals surface area contributed by atoms with Crippen LogP contribution >= 0.6 is 15.9 Å². The van der Waals surface area contributed by atoms with Gasteiger partial charge in [0.05, 0.1) is 34.3 Å². The molecule has 0 bridgehead atoms. The van der Waals surface area contributed by atoms with E-state index in [1.807, 2.05) is 31.9 Å². The van der Waals surface area contributed by atoms with E-state index in [1.54, 1.807) is 10.9 Å². The number of likely N-dealkylation sites (N-methyl/N-ethyl adjacent to an activating group) is 1. The van der Waals surface area contributed by atoms with Crippen LogP contribution in [-0.2, 0) is 20.0 Å². The molecule has 0 fully saturated rings. The Kier molecular flexibility index (Phi) is 5.18. The summed E-state index contributed by atoms with van der Waals surface area (Å²) >= 11 is 3.48. The molecule has 2 aromatic rings. The lowest BCUT2D eigenvalue weighted by atomic mass is 10.1. The minimum atomic E-state index is -0.748. The molecular formula is C14H22BrN5O. The predicted octanol–water partition coefficient (Wildman–Crippen LogP) is 1.58. The molecule has 0 aromatic carbocycles. The van der Waals surface area contributed by atoms with Crippen LogP contribution in [0.5, 0.6) is 0 Å². The fraction of sp³-hybridized carbons (Fsp3) is 0.571. The van der Waals surface area contributed by atoms with Gasteiger partial charge >= 0.3 is 0 Å². The smallest absolute Gasteiger partial charge is 0.138 e. The number of hydrogen-bond acceptors (Lipinski definition) is 4. The molecule has 0 amide bonds. The van der Waals surface area contributed by atoms with Gasteiger partial charge in [0, 0.05) is 13.6 Å². The Labute approximate surface area is 133 Å². The highest BCUT2D eigenvalue weighted by atomic mass is 79.9. The van der Waals surface area contributed by atoms with Crippen molar-refractivity contribution < 1.29 is 5.11 Å². The molecule has 1 unspecified atom stereocenters. The van der Waals surface area contributed by atoms with Gasteiger partial charge < -0.3 is 10.0 Å². The largest absolute Gasteiger partial charge is 0.380 e. The normalized spacial score (nSPS) is 13.1. The van der Waals surface area contributed by atoms with Crippen molar-refractivity contribution in [3.05, 3.63) is 33.8 Å². The van der Waals surface area contributed by atoms with Crippen LogP contribution in [0, 0.1) is 0 Å². The number of aryl methyl sites for hydroxylation is 2. The minimum Gasteiger partial charge on any atom is -0.380 e. The van der Waals surface area contributed by atoms with Crippen LogP contribution in [0.2, 0.25) is 0 Å². The van der Waals surface area contributed by atoms with Crippen molar-refractivity contribution in [1.29, 1.82) is 0 Å². The third-order valence-electron chi connectivity index (χ3n) is 3.46. The number of aliphatic hydroxyl groups excluding tert-OH is 1. The predicted molar refractivity (Wildman–Crippen MR) is 85.1 cm³/mol.